The molecule has 1 spiro atoms. The maximum Gasteiger partial charge on any atom is 0.181 e. The van der Waals surface area contributed by atoms with Crippen LogP contribution in [0.2, 0.25) is 0 Å². The molecular weight excluding hydrogens is 190 g/mol. The molecule has 1 aliphatic heterocycles. The summed E-state index contributed by atoms with van der Waals surface area (Å²) in [5.41, 5.74) is 2.09. The van der Waals surface area contributed by atoms with Gasteiger partial charge in [0.25, 0.3) is 0 Å². The van der Waals surface area contributed by atoms with E-state index in [1.165, 1.54) is 0 Å². The number of nitrogens with one attached hydrogen (secondary N) is 2. The second kappa shape index (κ2) is 3.17. The van der Waals surface area contributed by atoms with Crippen molar-refractivity contribution in [3.8, 4) is 0 Å². The van der Waals surface area contributed by atoms with Crippen molar-refractivity contribution in [1.82, 2.24) is 15.5 Å². The number of hydrogen-bond acceptors (Lipinski definition) is 3. The normalized spacial score (nSPS) is 24.1. The SMILES string of the molecule is O=C1CC2(CCNCC2)Cc2cn[nH]c21. The monoisotopic (exact) mass is 205 g/mol. The molecule has 1 fully saturated rings. The van der Waals surface area contributed by atoms with Gasteiger partial charge in [-0.1, -0.05) is 0 Å². The van der Waals surface area contributed by atoms with E-state index in [4.69, 9.17) is 0 Å². The largest absolute Gasteiger partial charge is 0.317 e. The Morgan fingerprint density at radius 2 is 2.07 bits per heavy atom. The molecule has 0 radical (unpaired) electrons. The van der Waals surface area contributed by atoms with E-state index in [1.807, 2.05) is 6.20 Å². The minimum atomic E-state index is 0.221. The van der Waals surface area contributed by atoms with E-state index >= 15 is 0 Å². The maximum absolute atomic E-state index is 11.9. The number of ketones is 1. The predicted molar refractivity (Wildman–Crippen MR) is 55.8 cm³/mol. The second-order valence-corrected chi connectivity index (χ2v) is 4.80. The van der Waals surface area contributed by atoms with Crippen molar-refractivity contribution in [3.63, 3.8) is 0 Å². The summed E-state index contributed by atoms with van der Waals surface area (Å²) in [6, 6.07) is 0. The second-order valence-electron chi connectivity index (χ2n) is 4.80. The van der Waals surface area contributed by atoms with Gasteiger partial charge < -0.3 is 5.32 Å². The van der Waals surface area contributed by atoms with Crippen LogP contribution in [0, 0.1) is 5.41 Å². The molecule has 1 aromatic rings. The van der Waals surface area contributed by atoms with Gasteiger partial charge in [-0.2, -0.15) is 5.10 Å². The first-order valence-corrected chi connectivity index (χ1v) is 5.55. The molecule has 15 heavy (non-hydrogen) atoms. The molecule has 2 heterocycles. The first-order valence-electron chi connectivity index (χ1n) is 5.55. The van der Waals surface area contributed by atoms with Crippen LogP contribution in [-0.2, 0) is 6.42 Å². The van der Waals surface area contributed by atoms with E-state index < -0.39 is 0 Å². The van der Waals surface area contributed by atoms with Crippen molar-refractivity contribution in [1.29, 1.82) is 0 Å². The molecule has 1 saturated heterocycles. The fourth-order valence-corrected chi connectivity index (χ4v) is 2.89. The molecule has 1 aromatic heterocycles. The maximum atomic E-state index is 11.9. The highest BCUT2D eigenvalue weighted by molar-refractivity contribution is 5.97. The lowest BCUT2D eigenvalue weighted by atomic mass is 9.67. The fraction of sp³-hybridized carbons (Fsp3) is 0.636. The number of carbonyl (C=O) groups is 1. The summed E-state index contributed by atoms with van der Waals surface area (Å²) in [6.07, 6.45) is 5.76. The van der Waals surface area contributed by atoms with Gasteiger partial charge in [0.15, 0.2) is 5.78 Å². The van der Waals surface area contributed by atoms with Gasteiger partial charge in [0.2, 0.25) is 0 Å². The molecule has 4 nitrogen and oxygen atoms in total. The average Bonchev–Trinajstić information content (AvgIpc) is 2.67. The van der Waals surface area contributed by atoms with Crippen LogP contribution >= 0.6 is 0 Å². The molecule has 0 atom stereocenters. The summed E-state index contributed by atoms with van der Waals surface area (Å²) >= 11 is 0. The molecule has 0 bridgehead atoms. The number of piperidine rings is 1. The Kier molecular flexibility index (Phi) is 1.92. The minimum Gasteiger partial charge on any atom is -0.317 e. The zero-order valence-corrected chi connectivity index (χ0v) is 8.68. The highest BCUT2D eigenvalue weighted by atomic mass is 16.1. The van der Waals surface area contributed by atoms with Crippen LogP contribution in [0.1, 0.15) is 35.3 Å². The fourth-order valence-electron chi connectivity index (χ4n) is 2.89. The molecule has 2 N–H and O–H groups in total. The zero-order valence-electron chi connectivity index (χ0n) is 8.68. The van der Waals surface area contributed by atoms with Gasteiger partial charge in [-0.25, -0.2) is 0 Å². The molecule has 0 amide bonds. The first kappa shape index (κ1) is 9.09. The van der Waals surface area contributed by atoms with E-state index in [0.29, 0.717) is 6.42 Å². The molecule has 0 aromatic carbocycles. The zero-order chi connectivity index (χ0) is 10.3. The molecule has 4 heteroatoms. The summed E-state index contributed by atoms with van der Waals surface area (Å²) < 4.78 is 0. The Morgan fingerprint density at radius 3 is 2.87 bits per heavy atom. The van der Waals surface area contributed by atoms with E-state index in [0.717, 1.165) is 43.6 Å². The average molecular weight is 205 g/mol. The number of hydrogen-bond donors (Lipinski definition) is 2. The van der Waals surface area contributed by atoms with Gasteiger partial charge in [0.1, 0.15) is 5.69 Å². The van der Waals surface area contributed by atoms with E-state index in [2.05, 4.69) is 15.5 Å². The molecule has 3 rings (SSSR count). The van der Waals surface area contributed by atoms with Gasteiger partial charge in [0, 0.05) is 12.0 Å². The van der Waals surface area contributed by atoms with Gasteiger partial charge in [-0.05, 0) is 37.8 Å². The smallest absolute Gasteiger partial charge is 0.181 e. The molecule has 0 unspecified atom stereocenters. The van der Waals surface area contributed by atoms with Crippen molar-refractivity contribution in [2.75, 3.05) is 13.1 Å². The highest BCUT2D eigenvalue weighted by Crippen LogP contribution is 2.41. The third-order valence-corrected chi connectivity index (χ3v) is 3.76. The molecule has 1 aliphatic carbocycles. The third-order valence-electron chi connectivity index (χ3n) is 3.76. The van der Waals surface area contributed by atoms with Gasteiger partial charge in [-0.15, -0.1) is 0 Å². The highest BCUT2D eigenvalue weighted by Gasteiger charge is 2.40. The van der Waals surface area contributed by atoms with Crippen molar-refractivity contribution in [2.45, 2.75) is 25.7 Å². The van der Waals surface area contributed by atoms with Crippen molar-refractivity contribution in [3.05, 3.63) is 17.5 Å². The predicted octanol–water partition coefficient (Wildman–Crippen LogP) is 0.908. The van der Waals surface area contributed by atoms with Crippen LogP contribution in [0.5, 0.6) is 0 Å². The summed E-state index contributed by atoms with van der Waals surface area (Å²) in [4.78, 5) is 11.9. The van der Waals surface area contributed by atoms with Crippen molar-refractivity contribution >= 4 is 5.78 Å². The Hall–Kier alpha value is -1.16. The molecule has 2 aliphatic rings. The topological polar surface area (TPSA) is 57.8 Å². The van der Waals surface area contributed by atoms with Crippen LogP contribution in [0.25, 0.3) is 0 Å². The summed E-state index contributed by atoms with van der Waals surface area (Å²) in [6.45, 7) is 2.08. The van der Waals surface area contributed by atoms with Crippen LogP contribution in [0.3, 0.4) is 0 Å². The minimum absolute atomic E-state index is 0.221. The Labute approximate surface area is 88.4 Å². The lowest BCUT2D eigenvalue weighted by molar-refractivity contribution is 0.0831. The lowest BCUT2D eigenvalue weighted by Gasteiger charge is -2.39. The van der Waals surface area contributed by atoms with Crippen molar-refractivity contribution in [2.24, 2.45) is 5.41 Å². The quantitative estimate of drug-likeness (QED) is 0.662. The van der Waals surface area contributed by atoms with Crippen LogP contribution in [0.15, 0.2) is 6.20 Å². The summed E-state index contributed by atoms with van der Waals surface area (Å²) in [5.74, 6) is 0.246. The van der Waals surface area contributed by atoms with E-state index in [9.17, 15) is 4.79 Å². The van der Waals surface area contributed by atoms with E-state index in [1.54, 1.807) is 0 Å². The Bertz CT molecular complexity index is 390. The Balaban J connectivity index is 1.94. The van der Waals surface area contributed by atoms with Crippen molar-refractivity contribution < 1.29 is 4.79 Å². The number of Topliss-reactive ketones (excluding diaryl/α,β-unsaturated/α-hetero) is 1. The number of H-pyrrole nitrogens is 1. The summed E-state index contributed by atoms with van der Waals surface area (Å²) in [5, 5.41) is 10.1. The van der Waals surface area contributed by atoms with Gasteiger partial charge in [-0.3, -0.25) is 9.89 Å². The third kappa shape index (κ3) is 1.40. The van der Waals surface area contributed by atoms with Crippen LogP contribution in [0.4, 0.5) is 0 Å². The number of nitrogens with zero attached hydrogens (tertiary/aromatic N) is 1. The number of aromatic nitrogens is 2. The molecular formula is C11H15N3O. The van der Waals surface area contributed by atoms with E-state index in [-0.39, 0.29) is 11.2 Å². The number of aromatic amines is 1. The number of carbonyl (C=O) groups excluding carboxylic acids is 1. The van der Waals surface area contributed by atoms with Gasteiger partial charge >= 0.3 is 0 Å². The van der Waals surface area contributed by atoms with Crippen LogP contribution in [-0.4, -0.2) is 29.1 Å². The lowest BCUT2D eigenvalue weighted by Crippen LogP contribution is -2.41. The van der Waals surface area contributed by atoms with Gasteiger partial charge in [0.05, 0.1) is 6.20 Å². The molecule has 0 saturated carbocycles. The summed E-state index contributed by atoms with van der Waals surface area (Å²) in [7, 11) is 0. The standard InChI is InChI=1S/C11H15N3O/c15-9-6-11(1-3-12-4-2-11)5-8-7-13-14-10(8)9/h7,12H,1-6H2,(H,13,14). The molecule has 80 valence electrons. The Morgan fingerprint density at radius 1 is 1.27 bits per heavy atom. The number of fused-ring (bicyclic) bond motifs is 1. The number of rotatable bonds is 0. The first-order chi connectivity index (χ1) is 7.29. The van der Waals surface area contributed by atoms with Crippen LogP contribution < -0.4 is 5.32 Å².